The van der Waals surface area contributed by atoms with Crippen molar-refractivity contribution in [2.75, 3.05) is 6.54 Å². The minimum absolute atomic E-state index is 0.0370. The van der Waals surface area contributed by atoms with Crippen molar-refractivity contribution in [1.29, 1.82) is 0 Å². The van der Waals surface area contributed by atoms with Crippen molar-refractivity contribution in [2.45, 2.75) is 13.0 Å². The van der Waals surface area contributed by atoms with E-state index in [1.54, 1.807) is 17.1 Å². The van der Waals surface area contributed by atoms with E-state index in [4.69, 9.17) is 0 Å². The molecule has 112 valence electrons. The van der Waals surface area contributed by atoms with Crippen LogP contribution in [0.1, 0.15) is 5.69 Å². The summed E-state index contributed by atoms with van der Waals surface area (Å²) in [7, 11) is 0. The van der Waals surface area contributed by atoms with E-state index >= 15 is 0 Å². The third kappa shape index (κ3) is 3.76. The van der Waals surface area contributed by atoms with E-state index in [0.29, 0.717) is 13.1 Å². The Bertz CT molecular complexity index is 723. The van der Waals surface area contributed by atoms with E-state index in [9.17, 15) is 4.79 Å². The largest absolute Gasteiger partial charge is 0.354 e. The first-order valence-electron chi connectivity index (χ1n) is 6.91. The molecule has 0 aliphatic heterocycles. The highest BCUT2D eigenvalue weighted by Gasteiger charge is 2.09. The number of carbonyl (C=O) groups is 1. The normalized spacial score (nSPS) is 10.5. The molecule has 0 radical (unpaired) electrons. The Balaban J connectivity index is 1.50. The van der Waals surface area contributed by atoms with Crippen molar-refractivity contribution in [2.24, 2.45) is 0 Å². The first-order valence-corrected chi connectivity index (χ1v) is 7.79. The zero-order chi connectivity index (χ0) is 15.2. The SMILES string of the molecule is O=C(Cc1csc(-c2ccccn2)n1)NCCn1cccn1. The fourth-order valence-electron chi connectivity index (χ4n) is 1.96. The summed E-state index contributed by atoms with van der Waals surface area (Å²) in [6.07, 6.45) is 5.60. The van der Waals surface area contributed by atoms with E-state index in [2.05, 4.69) is 20.4 Å². The van der Waals surface area contributed by atoms with Gasteiger partial charge in [0.2, 0.25) is 5.91 Å². The van der Waals surface area contributed by atoms with Gasteiger partial charge in [0, 0.05) is 30.5 Å². The highest BCUT2D eigenvalue weighted by Crippen LogP contribution is 2.21. The van der Waals surface area contributed by atoms with Gasteiger partial charge in [0.25, 0.3) is 0 Å². The summed E-state index contributed by atoms with van der Waals surface area (Å²) in [5, 5.41) is 9.68. The molecule has 1 N–H and O–H groups in total. The van der Waals surface area contributed by atoms with Crippen LogP contribution in [0.4, 0.5) is 0 Å². The molecule has 0 saturated heterocycles. The quantitative estimate of drug-likeness (QED) is 0.752. The van der Waals surface area contributed by atoms with Crippen molar-refractivity contribution >= 4 is 17.2 Å². The van der Waals surface area contributed by atoms with Gasteiger partial charge >= 0.3 is 0 Å². The lowest BCUT2D eigenvalue weighted by Gasteiger charge is -2.04. The summed E-state index contributed by atoms with van der Waals surface area (Å²) < 4.78 is 1.78. The average Bonchev–Trinajstić information content (AvgIpc) is 3.20. The molecule has 3 rings (SSSR count). The summed E-state index contributed by atoms with van der Waals surface area (Å²) in [5.41, 5.74) is 1.60. The molecular weight excluding hydrogens is 298 g/mol. The van der Waals surface area contributed by atoms with Gasteiger partial charge in [-0.1, -0.05) is 6.07 Å². The molecule has 1 amide bonds. The molecule has 0 aromatic carbocycles. The van der Waals surface area contributed by atoms with E-state index in [-0.39, 0.29) is 12.3 Å². The second-order valence-electron chi connectivity index (χ2n) is 4.65. The Morgan fingerprint density at radius 1 is 1.27 bits per heavy atom. The van der Waals surface area contributed by atoms with Gasteiger partial charge in [-0.3, -0.25) is 14.5 Å². The number of thiazole rings is 1. The average molecular weight is 313 g/mol. The van der Waals surface area contributed by atoms with Crippen molar-refractivity contribution in [3.8, 4) is 10.7 Å². The van der Waals surface area contributed by atoms with E-state index in [1.807, 2.05) is 35.8 Å². The first kappa shape index (κ1) is 14.4. The van der Waals surface area contributed by atoms with Crippen molar-refractivity contribution in [3.05, 3.63) is 53.9 Å². The molecule has 3 heterocycles. The zero-order valence-electron chi connectivity index (χ0n) is 11.8. The predicted octanol–water partition coefficient (Wildman–Crippen LogP) is 1.76. The molecule has 22 heavy (non-hydrogen) atoms. The van der Waals surface area contributed by atoms with Gasteiger partial charge in [0.05, 0.1) is 24.4 Å². The molecular formula is C15H15N5OS. The number of hydrogen-bond donors (Lipinski definition) is 1. The summed E-state index contributed by atoms with van der Waals surface area (Å²) in [4.78, 5) is 20.6. The second-order valence-corrected chi connectivity index (χ2v) is 5.51. The molecule has 0 saturated carbocycles. The van der Waals surface area contributed by atoms with E-state index in [1.165, 1.54) is 11.3 Å². The number of nitrogens with zero attached hydrogens (tertiary/aromatic N) is 4. The fraction of sp³-hybridized carbons (Fsp3) is 0.200. The monoisotopic (exact) mass is 313 g/mol. The molecule has 3 aromatic rings. The highest BCUT2D eigenvalue weighted by atomic mass is 32.1. The highest BCUT2D eigenvalue weighted by molar-refractivity contribution is 7.13. The maximum absolute atomic E-state index is 11.9. The lowest BCUT2D eigenvalue weighted by molar-refractivity contribution is -0.120. The van der Waals surface area contributed by atoms with Crippen molar-refractivity contribution < 1.29 is 4.79 Å². The molecule has 0 aliphatic carbocycles. The third-order valence-electron chi connectivity index (χ3n) is 3.00. The van der Waals surface area contributed by atoms with Crippen LogP contribution in [0.5, 0.6) is 0 Å². The fourth-order valence-corrected chi connectivity index (χ4v) is 2.76. The maximum atomic E-state index is 11.9. The molecule has 0 spiro atoms. The van der Waals surface area contributed by atoms with Crippen LogP contribution in [0.15, 0.2) is 48.2 Å². The summed E-state index contributed by atoms with van der Waals surface area (Å²) in [5.74, 6) is -0.0370. The number of pyridine rings is 1. The second kappa shape index (κ2) is 6.95. The van der Waals surface area contributed by atoms with Gasteiger partial charge in [-0.15, -0.1) is 11.3 Å². The lowest BCUT2D eigenvalue weighted by Crippen LogP contribution is -2.28. The van der Waals surface area contributed by atoms with Crippen LogP contribution in [0.25, 0.3) is 10.7 Å². The minimum atomic E-state index is -0.0370. The molecule has 0 unspecified atom stereocenters. The molecule has 0 bridgehead atoms. The van der Waals surface area contributed by atoms with Gasteiger partial charge in [-0.2, -0.15) is 5.10 Å². The van der Waals surface area contributed by atoms with Crippen LogP contribution >= 0.6 is 11.3 Å². The molecule has 7 heteroatoms. The Morgan fingerprint density at radius 3 is 3.00 bits per heavy atom. The van der Waals surface area contributed by atoms with Crippen molar-refractivity contribution in [3.63, 3.8) is 0 Å². The molecule has 0 atom stereocenters. The van der Waals surface area contributed by atoms with Crippen LogP contribution in [0.3, 0.4) is 0 Å². The number of nitrogens with one attached hydrogen (secondary N) is 1. The van der Waals surface area contributed by atoms with Gasteiger partial charge in [0.15, 0.2) is 0 Å². The smallest absolute Gasteiger partial charge is 0.226 e. The molecule has 0 fully saturated rings. The van der Waals surface area contributed by atoms with E-state index in [0.717, 1.165) is 16.4 Å². The summed E-state index contributed by atoms with van der Waals surface area (Å²) >= 11 is 1.50. The topological polar surface area (TPSA) is 72.7 Å². The van der Waals surface area contributed by atoms with Gasteiger partial charge in [-0.05, 0) is 18.2 Å². The number of aromatic nitrogens is 4. The van der Waals surface area contributed by atoms with Crippen LogP contribution in [-0.4, -0.2) is 32.2 Å². The minimum Gasteiger partial charge on any atom is -0.354 e. The molecule has 6 nitrogen and oxygen atoms in total. The molecule has 0 aliphatic rings. The van der Waals surface area contributed by atoms with Crippen LogP contribution in [0.2, 0.25) is 0 Å². The summed E-state index contributed by atoms with van der Waals surface area (Å²) in [6.45, 7) is 1.22. The lowest BCUT2D eigenvalue weighted by atomic mass is 10.3. The number of carbonyl (C=O) groups excluding carboxylic acids is 1. The standard InChI is InChI=1S/C15H15N5OS/c21-14(17-7-9-20-8-3-6-18-20)10-12-11-22-15(19-12)13-4-1-2-5-16-13/h1-6,8,11H,7,9-10H2,(H,17,21). The van der Waals surface area contributed by atoms with E-state index < -0.39 is 0 Å². The molecule has 3 aromatic heterocycles. The Labute approximate surface area is 131 Å². The number of rotatable bonds is 6. The summed E-state index contributed by atoms with van der Waals surface area (Å²) in [6, 6.07) is 7.56. The Kier molecular flexibility index (Phi) is 4.55. The van der Waals surface area contributed by atoms with Gasteiger partial charge in [-0.25, -0.2) is 4.98 Å². The first-order chi connectivity index (χ1) is 10.8. The third-order valence-corrected chi connectivity index (χ3v) is 3.91. The number of hydrogen-bond acceptors (Lipinski definition) is 5. The van der Waals surface area contributed by atoms with Gasteiger partial charge < -0.3 is 5.32 Å². The predicted molar refractivity (Wildman–Crippen MR) is 84.3 cm³/mol. The van der Waals surface area contributed by atoms with Crippen LogP contribution in [-0.2, 0) is 17.8 Å². The van der Waals surface area contributed by atoms with Crippen LogP contribution < -0.4 is 5.32 Å². The van der Waals surface area contributed by atoms with Gasteiger partial charge in [0.1, 0.15) is 5.01 Å². The van der Waals surface area contributed by atoms with Crippen LogP contribution in [0, 0.1) is 0 Å². The zero-order valence-corrected chi connectivity index (χ0v) is 12.7. The van der Waals surface area contributed by atoms with Crippen molar-refractivity contribution in [1.82, 2.24) is 25.1 Å². The maximum Gasteiger partial charge on any atom is 0.226 e. The Hall–Kier alpha value is -2.54. The number of amides is 1. The Morgan fingerprint density at radius 2 is 2.23 bits per heavy atom.